The average Bonchev–Trinajstić information content (AvgIpc) is 2.47. The Bertz CT molecular complexity index is 238. The second-order valence-corrected chi connectivity index (χ2v) is 6.09. The molecule has 0 amide bonds. The zero-order valence-electron chi connectivity index (χ0n) is 14.0. The molecular weight excluding hydrogens is 244 g/mol. The lowest BCUT2D eigenvalue weighted by Gasteiger charge is -2.04. The van der Waals surface area contributed by atoms with E-state index in [0.717, 1.165) is 18.4 Å². The van der Waals surface area contributed by atoms with Crippen LogP contribution in [0.4, 0.5) is 0 Å². The van der Waals surface area contributed by atoms with Crippen LogP contribution in [0.2, 0.25) is 0 Å². The smallest absolute Gasteiger partial charge is 0.123 e. The van der Waals surface area contributed by atoms with Crippen molar-refractivity contribution in [2.45, 2.75) is 110 Å². The lowest BCUT2D eigenvalue weighted by atomic mass is 10.0. The summed E-state index contributed by atoms with van der Waals surface area (Å²) in [6.45, 7) is 4.47. The number of unbranched alkanes of at least 4 members (excludes halogenated alkanes) is 11. The van der Waals surface area contributed by atoms with Gasteiger partial charge in [0.2, 0.25) is 0 Å². The normalized spacial score (nSPS) is 10.5. The van der Waals surface area contributed by atoms with Crippen LogP contribution in [0.25, 0.3) is 0 Å². The van der Waals surface area contributed by atoms with Gasteiger partial charge < -0.3 is 0 Å². The lowest BCUT2D eigenvalue weighted by molar-refractivity contribution is 0.548. The van der Waals surface area contributed by atoms with Crippen molar-refractivity contribution in [2.24, 2.45) is 0 Å². The summed E-state index contributed by atoms with van der Waals surface area (Å²) in [6.07, 6.45) is 19.2. The highest BCUT2D eigenvalue weighted by Gasteiger charge is 1.99. The fourth-order valence-corrected chi connectivity index (χ4v) is 2.64. The third kappa shape index (κ3) is 13.9. The maximum absolute atomic E-state index is 10.8. The van der Waals surface area contributed by atoms with Gasteiger partial charge in [-0.3, -0.25) is 0 Å². The largest absolute Gasteiger partial charge is 0.234 e. The first kappa shape index (κ1) is 19.4. The van der Waals surface area contributed by atoms with Gasteiger partial charge in [-0.2, -0.15) is 0 Å². The molecule has 0 aliphatic heterocycles. The minimum absolute atomic E-state index is 0.981. The van der Waals surface area contributed by atoms with E-state index >= 15 is 0 Å². The molecule has 118 valence electrons. The quantitative estimate of drug-likeness (QED) is 0.243. The Morgan fingerprint density at radius 3 is 1.40 bits per heavy atom. The highest BCUT2D eigenvalue weighted by atomic mass is 16.1. The Labute approximate surface area is 127 Å². The number of rotatable bonds is 15. The van der Waals surface area contributed by atoms with E-state index in [2.05, 4.69) is 19.8 Å². The predicted octanol–water partition coefficient (Wildman–Crippen LogP) is 6.64. The molecule has 0 bridgehead atoms. The van der Waals surface area contributed by atoms with Gasteiger partial charge in [0, 0.05) is 5.57 Å². The molecule has 1 heteroatoms. The lowest BCUT2D eigenvalue weighted by Crippen LogP contribution is -1.88. The van der Waals surface area contributed by atoms with Crippen LogP contribution in [-0.4, -0.2) is 5.94 Å². The van der Waals surface area contributed by atoms with Crippen LogP contribution in [0.1, 0.15) is 110 Å². The van der Waals surface area contributed by atoms with E-state index < -0.39 is 0 Å². The monoisotopic (exact) mass is 280 g/mol. The number of hydrogen-bond acceptors (Lipinski definition) is 1. The molecule has 0 aliphatic rings. The fraction of sp³-hybridized carbons (Fsp3) is 0.895. The van der Waals surface area contributed by atoms with Gasteiger partial charge in [-0.15, -0.1) is 0 Å². The molecule has 0 radical (unpaired) electrons. The van der Waals surface area contributed by atoms with Gasteiger partial charge >= 0.3 is 0 Å². The molecule has 20 heavy (non-hydrogen) atoms. The number of carbonyl (C=O) groups excluding carboxylic acids is 1. The Hall–Kier alpha value is -0.550. The van der Waals surface area contributed by atoms with Gasteiger partial charge in [0.05, 0.1) is 0 Å². The second kappa shape index (κ2) is 16.5. The maximum Gasteiger partial charge on any atom is 0.123 e. The van der Waals surface area contributed by atoms with Crippen molar-refractivity contribution in [1.29, 1.82) is 0 Å². The summed E-state index contributed by atoms with van der Waals surface area (Å²) < 4.78 is 0. The Morgan fingerprint density at radius 2 is 0.950 bits per heavy atom. The Balaban J connectivity index is 3.27. The molecule has 0 atom stereocenters. The van der Waals surface area contributed by atoms with Crippen molar-refractivity contribution in [3.63, 3.8) is 0 Å². The van der Waals surface area contributed by atoms with E-state index in [4.69, 9.17) is 0 Å². The standard InChI is InChI=1S/C19H36O/c1-3-5-7-8-9-10-11-12-13-15-17-19(18-20)16-14-6-4-2/h3-17H2,1-2H3. The van der Waals surface area contributed by atoms with Crippen LogP contribution >= 0.6 is 0 Å². The van der Waals surface area contributed by atoms with Crippen molar-refractivity contribution in [2.75, 3.05) is 0 Å². The average molecular weight is 280 g/mol. The minimum atomic E-state index is 0.981. The highest BCUT2D eigenvalue weighted by Crippen LogP contribution is 2.16. The topological polar surface area (TPSA) is 17.1 Å². The summed E-state index contributed by atoms with van der Waals surface area (Å²) in [5.41, 5.74) is 1.03. The van der Waals surface area contributed by atoms with E-state index in [0.29, 0.717) is 0 Å². The van der Waals surface area contributed by atoms with Gasteiger partial charge in [-0.1, -0.05) is 84.5 Å². The molecule has 0 unspecified atom stereocenters. The summed E-state index contributed by atoms with van der Waals surface area (Å²) in [5, 5.41) is 0. The molecule has 0 aromatic rings. The van der Waals surface area contributed by atoms with Gasteiger partial charge in [0.1, 0.15) is 5.94 Å². The molecule has 0 rings (SSSR count). The summed E-state index contributed by atoms with van der Waals surface area (Å²) in [4.78, 5) is 10.8. The van der Waals surface area contributed by atoms with Crippen molar-refractivity contribution in [3.05, 3.63) is 5.57 Å². The number of hydrogen-bond donors (Lipinski definition) is 0. The van der Waals surface area contributed by atoms with Crippen LogP contribution in [0.15, 0.2) is 5.57 Å². The van der Waals surface area contributed by atoms with Crippen LogP contribution in [0, 0.1) is 0 Å². The van der Waals surface area contributed by atoms with Gasteiger partial charge in [-0.05, 0) is 25.7 Å². The van der Waals surface area contributed by atoms with E-state index in [1.165, 1.54) is 83.5 Å². The van der Waals surface area contributed by atoms with E-state index in [9.17, 15) is 4.79 Å². The van der Waals surface area contributed by atoms with E-state index in [1.807, 2.05) is 0 Å². The first-order chi connectivity index (χ1) is 9.85. The molecule has 0 aliphatic carbocycles. The first-order valence-corrected chi connectivity index (χ1v) is 9.08. The van der Waals surface area contributed by atoms with Gasteiger partial charge in [-0.25, -0.2) is 4.79 Å². The molecule has 0 saturated carbocycles. The fourth-order valence-electron chi connectivity index (χ4n) is 2.64. The summed E-state index contributed by atoms with van der Waals surface area (Å²) >= 11 is 0. The second-order valence-electron chi connectivity index (χ2n) is 6.09. The zero-order chi connectivity index (χ0) is 14.9. The minimum Gasteiger partial charge on any atom is -0.234 e. The van der Waals surface area contributed by atoms with Crippen molar-refractivity contribution < 1.29 is 4.79 Å². The molecular formula is C19H36O. The number of allylic oxidation sites excluding steroid dienone is 1. The third-order valence-electron chi connectivity index (χ3n) is 4.06. The third-order valence-corrected chi connectivity index (χ3v) is 4.06. The Kier molecular flexibility index (Phi) is 16.1. The van der Waals surface area contributed by atoms with E-state index in [1.54, 1.807) is 0 Å². The summed E-state index contributed by atoms with van der Waals surface area (Å²) in [7, 11) is 0. The summed E-state index contributed by atoms with van der Waals surface area (Å²) in [6, 6.07) is 0. The van der Waals surface area contributed by atoms with Crippen molar-refractivity contribution >= 4 is 5.94 Å². The zero-order valence-corrected chi connectivity index (χ0v) is 14.0. The van der Waals surface area contributed by atoms with Gasteiger partial charge in [0.25, 0.3) is 0 Å². The highest BCUT2D eigenvalue weighted by molar-refractivity contribution is 5.52. The van der Waals surface area contributed by atoms with Crippen LogP contribution in [0.5, 0.6) is 0 Å². The van der Waals surface area contributed by atoms with Crippen molar-refractivity contribution in [3.8, 4) is 0 Å². The molecule has 0 spiro atoms. The molecule has 0 N–H and O–H groups in total. The molecule has 1 nitrogen and oxygen atoms in total. The SMILES string of the molecule is CCCCCCCCCCCCC(=C=O)CCCCC. The van der Waals surface area contributed by atoms with Crippen LogP contribution in [-0.2, 0) is 4.79 Å². The Morgan fingerprint density at radius 1 is 0.600 bits per heavy atom. The molecule has 0 aromatic carbocycles. The van der Waals surface area contributed by atoms with Crippen molar-refractivity contribution in [1.82, 2.24) is 0 Å². The molecule has 0 aromatic heterocycles. The molecule has 0 fully saturated rings. The summed E-state index contributed by atoms with van der Waals surface area (Å²) in [5.74, 6) is 2.16. The molecule has 0 saturated heterocycles. The first-order valence-electron chi connectivity index (χ1n) is 9.08. The van der Waals surface area contributed by atoms with Gasteiger partial charge in [0.15, 0.2) is 0 Å². The predicted molar refractivity (Wildman–Crippen MR) is 89.8 cm³/mol. The van der Waals surface area contributed by atoms with E-state index in [-0.39, 0.29) is 0 Å². The van der Waals surface area contributed by atoms with Crippen LogP contribution < -0.4 is 0 Å². The van der Waals surface area contributed by atoms with Crippen LogP contribution in [0.3, 0.4) is 0 Å². The molecule has 0 heterocycles. The maximum atomic E-state index is 10.8.